The molecule has 0 atom stereocenters. The van der Waals surface area contributed by atoms with Crippen LogP contribution in [0.1, 0.15) is 73.6 Å². The Balaban J connectivity index is 1.06. The molecule has 0 bridgehead atoms. The van der Waals surface area contributed by atoms with Crippen molar-refractivity contribution in [2.75, 3.05) is 4.90 Å². The molecule has 1 heteroatoms. The molecule has 0 radical (unpaired) electrons. The number of anilines is 3. The molecule has 9 aromatic carbocycles. The van der Waals surface area contributed by atoms with E-state index in [1.165, 1.54) is 94.6 Å². The highest BCUT2D eigenvalue weighted by Gasteiger charge is 2.52. The van der Waals surface area contributed by atoms with Crippen molar-refractivity contribution in [1.29, 1.82) is 0 Å². The van der Waals surface area contributed by atoms with Gasteiger partial charge >= 0.3 is 0 Å². The minimum Gasteiger partial charge on any atom is -0.310 e. The second kappa shape index (κ2) is 13.6. The Morgan fingerprint density at radius 1 is 0.333 bits per heavy atom. The second-order valence-electron chi connectivity index (χ2n) is 19.3. The Kier molecular flexibility index (Phi) is 8.13. The third-order valence-corrected chi connectivity index (χ3v) is 14.5. The monoisotopic (exact) mass is 807 g/mol. The molecular formula is C62H49N. The van der Waals surface area contributed by atoms with E-state index in [0.717, 1.165) is 17.1 Å². The molecule has 0 aromatic heterocycles. The molecule has 12 rings (SSSR count). The summed E-state index contributed by atoms with van der Waals surface area (Å²) in [6.45, 7) is 11.6. The fourth-order valence-electron chi connectivity index (χ4n) is 11.4. The van der Waals surface area contributed by atoms with E-state index in [0.29, 0.717) is 0 Å². The van der Waals surface area contributed by atoms with Gasteiger partial charge in [0.1, 0.15) is 0 Å². The molecule has 0 saturated heterocycles. The van der Waals surface area contributed by atoms with Crippen LogP contribution in [-0.4, -0.2) is 0 Å². The Hall–Kier alpha value is -7.22. The standard InChI is InChI=1S/C62H49N/c1-60(2,3)43-31-27-40(28-32-43)42-37-52(59-51-22-12-16-26-56(51)62(58(59)38-42)54-24-14-10-20-48(54)49-21-11-15-25-55(49)62)41-29-33-45(34-30-41)63(44-17-7-6-8-18-44)46-35-36-50-47-19-9-13-23-53(47)61(4,5)57(50)39-46/h6-39H,1-5H3. The lowest BCUT2D eigenvalue weighted by Gasteiger charge is -2.31. The summed E-state index contributed by atoms with van der Waals surface area (Å²) in [4.78, 5) is 2.41. The normalized spacial score (nSPS) is 14.4. The summed E-state index contributed by atoms with van der Waals surface area (Å²) < 4.78 is 0. The van der Waals surface area contributed by atoms with Crippen LogP contribution >= 0.6 is 0 Å². The molecule has 1 spiro atoms. The zero-order chi connectivity index (χ0) is 42.7. The molecule has 3 aliphatic carbocycles. The zero-order valence-electron chi connectivity index (χ0n) is 36.6. The van der Waals surface area contributed by atoms with Crippen molar-refractivity contribution in [3.05, 3.63) is 245 Å². The summed E-state index contributed by atoms with van der Waals surface area (Å²) >= 11 is 0. The third kappa shape index (κ3) is 5.42. The molecule has 302 valence electrons. The highest BCUT2D eigenvalue weighted by molar-refractivity contribution is 6.01. The van der Waals surface area contributed by atoms with Gasteiger partial charge in [-0.1, -0.05) is 192 Å². The molecule has 0 unspecified atom stereocenters. The van der Waals surface area contributed by atoms with Gasteiger partial charge in [-0.25, -0.2) is 0 Å². The minimum absolute atomic E-state index is 0.0704. The van der Waals surface area contributed by atoms with Crippen molar-refractivity contribution in [2.24, 2.45) is 0 Å². The van der Waals surface area contributed by atoms with E-state index in [1.807, 2.05) is 0 Å². The summed E-state index contributed by atoms with van der Waals surface area (Å²) in [6.07, 6.45) is 0. The first-order valence-electron chi connectivity index (χ1n) is 22.4. The summed E-state index contributed by atoms with van der Waals surface area (Å²) in [5.74, 6) is 0. The molecule has 0 amide bonds. The third-order valence-electron chi connectivity index (χ3n) is 14.5. The fourth-order valence-corrected chi connectivity index (χ4v) is 11.4. The van der Waals surface area contributed by atoms with E-state index in [-0.39, 0.29) is 10.8 Å². The molecule has 0 heterocycles. The number of hydrogen-bond donors (Lipinski definition) is 0. The van der Waals surface area contributed by atoms with Crippen LogP contribution in [0.25, 0.3) is 55.6 Å². The number of fused-ring (bicyclic) bond motifs is 13. The molecular weight excluding hydrogens is 759 g/mol. The summed E-state index contributed by atoms with van der Waals surface area (Å²) in [6, 6.07) is 77.8. The van der Waals surface area contributed by atoms with Crippen molar-refractivity contribution >= 4 is 17.1 Å². The predicted octanol–water partition coefficient (Wildman–Crippen LogP) is 16.4. The molecule has 0 N–H and O–H groups in total. The van der Waals surface area contributed by atoms with Crippen LogP contribution in [0, 0.1) is 0 Å². The maximum absolute atomic E-state index is 2.52. The summed E-state index contributed by atoms with van der Waals surface area (Å²) in [5, 5.41) is 0. The molecule has 3 aliphatic rings. The molecule has 0 fully saturated rings. The Labute approximate surface area is 372 Å². The smallest absolute Gasteiger partial charge is 0.0725 e. The van der Waals surface area contributed by atoms with E-state index in [1.54, 1.807) is 0 Å². The number of benzene rings is 9. The molecule has 1 nitrogen and oxygen atoms in total. The van der Waals surface area contributed by atoms with Crippen molar-refractivity contribution in [1.82, 2.24) is 0 Å². The van der Waals surface area contributed by atoms with Gasteiger partial charge in [-0.05, 0) is 149 Å². The first-order chi connectivity index (χ1) is 30.6. The Bertz CT molecular complexity index is 3220. The largest absolute Gasteiger partial charge is 0.310 e. The first kappa shape index (κ1) is 37.5. The SMILES string of the molecule is CC(C)(C)c1ccc(-c2cc(-c3ccc(N(c4ccccc4)c4ccc5c(c4)C(C)(C)c4ccccc4-5)cc3)c3c(c2)C2(c4ccccc4-c4ccccc42)c2ccccc2-3)cc1. The average Bonchev–Trinajstić information content (AvgIpc) is 3.88. The quantitative estimate of drug-likeness (QED) is 0.167. The Morgan fingerprint density at radius 3 is 1.43 bits per heavy atom. The Morgan fingerprint density at radius 2 is 0.810 bits per heavy atom. The van der Waals surface area contributed by atoms with Crippen molar-refractivity contribution in [3.8, 4) is 55.6 Å². The maximum Gasteiger partial charge on any atom is 0.0725 e. The van der Waals surface area contributed by atoms with E-state index in [9.17, 15) is 0 Å². The number of nitrogens with zero attached hydrogens (tertiary/aromatic N) is 1. The second-order valence-corrected chi connectivity index (χ2v) is 19.3. The van der Waals surface area contributed by atoms with E-state index < -0.39 is 5.41 Å². The van der Waals surface area contributed by atoms with E-state index in [4.69, 9.17) is 0 Å². The average molecular weight is 808 g/mol. The van der Waals surface area contributed by atoms with Gasteiger partial charge in [0.2, 0.25) is 0 Å². The van der Waals surface area contributed by atoms with Crippen LogP contribution in [0.15, 0.2) is 206 Å². The topological polar surface area (TPSA) is 3.24 Å². The van der Waals surface area contributed by atoms with Gasteiger partial charge in [0.25, 0.3) is 0 Å². The van der Waals surface area contributed by atoms with Crippen LogP contribution in [0.4, 0.5) is 17.1 Å². The van der Waals surface area contributed by atoms with Crippen molar-refractivity contribution in [2.45, 2.75) is 50.9 Å². The number of hydrogen-bond acceptors (Lipinski definition) is 1. The highest BCUT2D eigenvalue weighted by atomic mass is 15.1. The van der Waals surface area contributed by atoms with Gasteiger partial charge in [-0.3, -0.25) is 0 Å². The highest BCUT2D eigenvalue weighted by Crippen LogP contribution is 2.64. The summed E-state index contributed by atoms with van der Waals surface area (Å²) in [5.41, 5.74) is 25.3. The number of para-hydroxylation sites is 1. The summed E-state index contributed by atoms with van der Waals surface area (Å²) in [7, 11) is 0. The van der Waals surface area contributed by atoms with Crippen LogP contribution in [0.2, 0.25) is 0 Å². The van der Waals surface area contributed by atoms with Gasteiger partial charge in [0.15, 0.2) is 0 Å². The van der Waals surface area contributed by atoms with Gasteiger partial charge < -0.3 is 4.90 Å². The van der Waals surface area contributed by atoms with Crippen molar-refractivity contribution in [3.63, 3.8) is 0 Å². The zero-order valence-corrected chi connectivity index (χ0v) is 36.6. The van der Waals surface area contributed by atoms with Gasteiger partial charge in [-0.15, -0.1) is 0 Å². The first-order valence-corrected chi connectivity index (χ1v) is 22.4. The van der Waals surface area contributed by atoms with Gasteiger partial charge in [0, 0.05) is 22.5 Å². The van der Waals surface area contributed by atoms with Crippen molar-refractivity contribution < 1.29 is 0 Å². The number of rotatable bonds is 5. The van der Waals surface area contributed by atoms with Gasteiger partial charge in [-0.2, -0.15) is 0 Å². The molecule has 0 saturated carbocycles. The van der Waals surface area contributed by atoms with Crippen LogP contribution in [0.5, 0.6) is 0 Å². The molecule has 9 aromatic rings. The van der Waals surface area contributed by atoms with Crippen LogP contribution in [0.3, 0.4) is 0 Å². The lowest BCUT2D eigenvalue weighted by molar-refractivity contribution is 0.590. The van der Waals surface area contributed by atoms with Crippen LogP contribution < -0.4 is 4.90 Å². The minimum atomic E-state index is -0.444. The molecule has 0 aliphatic heterocycles. The molecule has 63 heavy (non-hydrogen) atoms. The maximum atomic E-state index is 2.52. The van der Waals surface area contributed by atoms with E-state index >= 15 is 0 Å². The lowest BCUT2D eigenvalue weighted by Crippen LogP contribution is -2.25. The van der Waals surface area contributed by atoms with Gasteiger partial charge in [0.05, 0.1) is 5.41 Å². The van der Waals surface area contributed by atoms with Crippen LogP contribution in [-0.2, 0) is 16.2 Å². The predicted molar refractivity (Wildman–Crippen MR) is 265 cm³/mol. The fraction of sp³-hybridized carbons (Fsp3) is 0.129. The lowest BCUT2D eigenvalue weighted by atomic mass is 9.70. The van der Waals surface area contributed by atoms with E-state index in [2.05, 4.69) is 246 Å².